The van der Waals surface area contributed by atoms with Crippen LogP contribution in [0.25, 0.3) is 22.3 Å². The molecule has 0 saturated carbocycles. The fourth-order valence-electron chi connectivity index (χ4n) is 8.87. The minimum absolute atomic E-state index is 0.622. The Hall–Kier alpha value is -8.76. The molecule has 0 saturated heterocycles. The van der Waals surface area contributed by atoms with Crippen LogP contribution in [-0.4, -0.2) is 141 Å². The Morgan fingerprint density at radius 1 is 0.261 bits per heavy atom. The Bertz CT molecular complexity index is 3410. The molecule has 4 aromatic rings. The van der Waals surface area contributed by atoms with Gasteiger partial charge < -0.3 is 59.8 Å². The number of rotatable bonds is 20. The zero-order valence-corrected chi connectivity index (χ0v) is 43.6. The summed E-state index contributed by atoms with van der Waals surface area (Å²) >= 11 is 0. The number of halogens is 16. The first-order chi connectivity index (χ1) is 41.8. The van der Waals surface area contributed by atoms with Crippen molar-refractivity contribution in [3.05, 3.63) is 187 Å². The van der Waals surface area contributed by atoms with Gasteiger partial charge in [-0.2, -0.15) is 35.1 Å². The van der Waals surface area contributed by atoms with E-state index in [2.05, 4.69) is 20.0 Å². The molecule has 464 valence electrons. The maximum absolute atomic E-state index is 16.8. The number of nitrogens with zero attached hydrogens (tertiary/aromatic N) is 4. The van der Waals surface area contributed by atoms with Crippen LogP contribution in [0.15, 0.2) is 91.4 Å². The molecule has 5 aliphatic rings. The summed E-state index contributed by atoms with van der Waals surface area (Å²) in [4.78, 5) is 16.4. The molecule has 4 atom stereocenters. The van der Waals surface area contributed by atoms with Gasteiger partial charge in [0.2, 0.25) is 46.5 Å². The smallest absolute Gasteiger partial charge is 0.204 e. The van der Waals surface area contributed by atoms with Crippen LogP contribution in [0.1, 0.15) is 22.3 Å². The average molecular weight is 1260 g/mol. The van der Waals surface area contributed by atoms with Crippen molar-refractivity contribution in [2.75, 3.05) is 52.9 Å². The minimum atomic E-state index is -2.42. The van der Waals surface area contributed by atoms with E-state index < -0.39 is 284 Å². The van der Waals surface area contributed by atoms with Gasteiger partial charge in [0.05, 0.1) is 94.3 Å². The molecule has 5 heterocycles. The molecule has 0 spiro atoms. The summed E-state index contributed by atoms with van der Waals surface area (Å²) in [5.74, 6) is -46.0. The number of hydrogen-bond acceptors (Lipinski definition) is 16. The highest BCUT2D eigenvalue weighted by Gasteiger charge is 2.40. The van der Waals surface area contributed by atoms with Crippen molar-refractivity contribution in [2.45, 2.75) is 24.4 Å². The predicted molar refractivity (Wildman–Crippen MR) is 273 cm³/mol. The van der Waals surface area contributed by atoms with Gasteiger partial charge in [0.1, 0.15) is 50.8 Å². The number of aliphatic hydroxyl groups is 8. The second-order valence-electron chi connectivity index (χ2n) is 18.8. The van der Waals surface area contributed by atoms with Crippen LogP contribution < -0.4 is 18.9 Å². The summed E-state index contributed by atoms with van der Waals surface area (Å²) in [6.07, 6.45) is -2.67. The first kappa shape index (κ1) is 63.7. The van der Waals surface area contributed by atoms with Gasteiger partial charge >= 0.3 is 0 Å². The quantitative estimate of drug-likeness (QED) is 0.0335. The number of allylic oxidation sites excluding steroid dienone is 12. The molecule has 0 radical (unpaired) electrons. The first-order valence-electron chi connectivity index (χ1n) is 25.0. The first-order valence-corrected chi connectivity index (χ1v) is 25.0. The number of fused-ring (bicyclic) bond motifs is 4. The minimum Gasteiger partial charge on any atom is -0.485 e. The summed E-state index contributed by atoms with van der Waals surface area (Å²) in [7, 11) is 0. The second-order valence-corrected chi connectivity index (χ2v) is 18.8. The third-order valence-electron chi connectivity index (χ3n) is 13.0. The SMILES string of the molecule is OCC(O)COc1c(F)c(F)c(C2=C3C=CC(=N3)C(c3c(F)c(F)c(OCC(O)CO)c(F)c3F)=C3C=CC(=N3)C(c3c(F)c(F)c(OCC(O)CO)c(F)c3F)=C3C=CC(=N3)C(c3c(F)c(F)c(OCC(O)CO)c(F)c3F)=C3C=CC2=N3)c(F)c1F. The zero-order chi connectivity index (χ0) is 64.1. The zero-order valence-electron chi connectivity index (χ0n) is 43.6. The van der Waals surface area contributed by atoms with Crippen LogP contribution >= 0.6 is 0 Å². The normalized spacial score (nSPS) is 16.7. The van der Waals surface area contributed by atoms with Gasteiger partial charge in [0.15, 0.2) is 69.5 Å². The topological polar surface area (TPSA) is 248 Å². The van der Waals surface area contributed by atoms with E-state index in [1.54, 1.807) is 0 Å². The Balaban J connectivity index is 1.43. The lowest BCUT2D eigenvalue weighted by molar-refractivity contribution is 0.0503. The van der Waals surface area contributed by atoms with Crippen molar-refractivity contribution < 1.29 is 130 Å². The molecule has 0 amide bonds. The fraction of sp³-hybridized carbons (Fsp3) is 0.214. The van der Waals surface area contributed by atoms with Crippen LogP contribution in [0, 0.1) is 93.1 Å². The number of hydrogen-bond donors (Lipinski definition) is 8. The molecular weight excluding hydrogens is 1220 g/mol. The van der Waals surface area contributed by atoms with E-state index in [0.29, 0.717) is 48.6 Å². The highest BCUT2D eigenvalue weighted by Crippen LogP contribution is 2.46. The molecule has 88 heavy (non-hydrogen) atoms. The van der Waals surface area contributed by atoms with E-state index in [9.17, 15) is 40.9 Å². The lowest BCUT2D eigenvalue weighted by Crippen LogP contribution is -2.23. The van der Waals surface area contributed by atoms with Crippen molar-refractivity contribution in [3.63, 3.8) is 0 Å². The Morgan fingerprint density at radius 3 is 0.568 bits per heavy atom. The standard InChI is InChI=1S/C56H36F16N4O12/c57-37-33(38(58)46(66)53(45(37)65)85-13-17(81)9-77)29-21-1-2-22(73-21)30(34-39(59)47(67)54(48(68)40(34)60)86-14-18(82)10-78)24-5-6-26(75-24)32(36-43(63)51(71)56(52(72)44(36)64)88-16-20(84)12-80)28-8-7-27(76-28)31(25-4-3-23(29)74-25)35-41(61)49(69)55(50(70)42(35)62)87-15-19(83)11-79/h1-8,17-20,77-84H,9-16H2. The molecule has 9 rings (SSSR count). The molecule has 4 unspecified atom stereocenters. The summed E-state index contributed by atoms with van der Waals surface area (Å²) in [6, 6.07) is 0. The van der Waals surface area contributed by atoms with E-state index in [-0.39, 0.29) is 0 Å². The number of ether oxygens (including phenoxy) is 4. The van der Waals surface area contributed by atoms with E-state index in [4.69, 9.17) is 18.9 Å². The summed E-state index contributed by atoms with van der Waals surface area (Å²) < 4.78 is 282. The van der Waals surface area contributed by atoms with Gasteiger partial charge in [0, 0.05) is 22.3 Å². The lowest BCUT2D eigenvalue weighted by Gasteiger charge is -2.18. The Morgan fingerprint density at radius 2 is 0.420 bits per heavy atom. The van der Waals surface area contributed by atoms with Crippen LogP contribution in [-0.2, 0) is 0 Å². The summed E-state index contributed by atoms with van der Waals surface area (Å²) in [5.41, 5.74) is -21.0. The molecule has 0 aliphatic carbocycles. The highest BCUT2D eigenvalue weighted by molar-refractivity contribution is 6.39. The van der Waals surface area contributed by atoms with Crippen molar-refractivity contribution in [3.8, 4) is 23.0 Å². The van der Waals surface area contributed by atoms with Gasteiger partial charge in [-0.25, -0.2) is 55.1 Å². The van der Waals surface area contributed by atoms with Gasteiger partial charge in [-0.3, -0.25) is 0 Å². The molecule has 32 heteroatoms. The Labute approximate surface area is 481 Å². The fourth-order valence-corrected chi connectivity index (χ4v) is 8.87. The number of aliphatic hydroxyl groups excluding tert-OH is 8. The lowest BCUT2D eigenvalue weighted by atomic mass is 9.96. The third kappa shape index (κ3) is 11.3. The monoisotopic (exact) mass is 1260 g/mol. The highest BCUT2D eigenvalue weighted by atomic mass is 19.2. The van der Waals surface area contributed by atoms with Crippen molar-refractivity contribution >= 4 is 45.1 Å². The van der Waals surface area contributed by atoms with Crippen molar-refractivity contribution in [2.24, 2.45) is 20.0 Å². The van der Waals surface area contributed by atoms with Gasteiger partial charge in [-0.05, 0) is 48.6 Å². The molecule has 8 bridgehead atoms. The molecule has 4 aromatic carbocycles. The molecule has 0 fully saturated rings. The van der Waals surface area contributed by atoms with Crippen molar-refractivity contribution in [1.82, 2.24) is 0 Å². The van der Waals surface area contributed by atoms with Crippen molar-refractivity contribution in [1.29, 1.82) is 0 Å². The molecule has 8 N–H and O–H groups in total. The molecule has 16 nitrogen and oxygen atoms in total. The third-order valence-corrected chi connectivity index (χ3v) is 13.0. The maximum atomic E-state index is 16.8. The number of benzene rings is 4. The molecule has 0 aromatic heterocycles. The van der Waals surface area contributed by atoms with Gasteiger partial charge in [-0.15, -0.1) is 0 Å². The Kier molecular flexibility index (Phi) is 18.5. The van der Waals surface area contributed by atoms with E-state index in [0.717, 1.165) is 0 Å². The van der Waals surface area contributed by atoms with E-state index >= 15 is 70.2 Å². The van der Waals surface area contributed by atoms with Gasteiger partial charge in [0.25, 0.3) is 0 Å². The molecular formula is C56H36F16N4O12. The van der Waals surface area contributed by atoms with Crippen LogP contribution in [0.5, 0.6) is 23.0 Å². The largest absolute Gasteiger partial charge is 0.485 e. The van der Waals surface area contributed by atoms with E-state index in [1.807, 2.05) is 0 Å². The summed E-state index contributed by atoms with van der Waals surface area (Å²) in [5, 5.41) is 75.9. The number of aliphatic imine (C=N–C) groups is 4. The second kappa shape index (κ2) is 25.5. The maximum Gasteiger partial charge on any atom is 0.204 e. The predicted octanol–water partition coefficient (Wildman–Crippen LogP) is 6.84. The average Bonchev–Trinajstić information content (AvgIpc) is 1.52. The summed E-state index contributed by atoms with van der Waals surface area (Å²) in [6.45, 7) is -9.27. The van der Waals surface area contributed by atoms with E-state index in [1.165, 1.54) is 0 Å². The van der Waals surface area contributed by atoms with Crippen LogP contribution in [0.4, 0.5) is 70.2 Å². The van der Waals surface area contributed by atoms with Crippen LogP contribution in [0.3, 0.4) is 0 Å². The molecule has 5 aliphatic heterocycles. The van der Waals surface area contributed by atoms with Gasteiger partial charge in [-0.1, -0.05) is 0 Å². The van der Waals surface area contributed by atoms with Crippen LogP contribution in [0.2, 0.25) is 0 Å².